The van der Waals surface area contributed by atoms with Crippen LogP contribution in [0.2, 0.25) is 0 Å². The van der Waals surface area contributed by atoms with Crippen LogP contribution in [0, 0.1) is 0 Å². The van der Waals surface area contributed by atoms with Crippen LogP contribution in [0.4, 0.5) is 0 Å². The lowest BCUT2D eigenvalue weighted by atomic mass is 9.93. The molecule has 1 heteroatoms. The van der Waals surface area contributed by atoms with E-state index >= 15 is 0 Å². The van der Waals surface area contributed by atoms with Gasteiger partial charge in [-0.2, -0.15) is 0 Å². The van der Waals surface area contributed by atoms with Gasteiger partial charge in [0, 0.05) is 12.1 Å². The first-order chi connectivity index (χ1) is 11.5. The van der Waals surface area contributed by atoms with Gasteiger partial charge in [0.05, 0.1) is 0 Å². The molecule has 1 aliphatic rings. The van der Waals surface area contributed by atoms with E-state index in [9.17, 15) is 0 Å². The van der Waals surface area contributed by atoms with Gasteiger partial charge in [0.1, 0.15) is 0 Å². The number of nitrogens with zero attached hydrogens (tertiary/aromatic N) is 1. The Morgan fingerprint density at radius 1 is 0.875 bits per heavy atom. The Bertz CT molecular complexity index is 684. The Morgan fingerprint density at radius 2 is 1.38 bits per heavy atom. The average Bonchev–Trinajstić information content (AvgIpc) is 2.72. The van der Waals surface area contributed by atoms with Crippen LogP contribution in [0.5, 0.6) is 0 Å². The molecule has 0 spiro atoms. The van der Waals surface area contributed by atoms with Crippen molar-refractivity contribution in [2.24, 2.45) is 0 Å². The van der Waals surface area contributed by atoms with Gasteiger partial charge in [-0.15, -0.1) is 0 Å². The van der Waals surface area contributed by atoms with E-state index in [2.05, 4.69) is 87.3 Å². The Morgan fingerprint density at radius 3 is 1.88 bits per heavy atom. The van der Waals surface area contributed by atoms with Crippen LogP contribution in [0.15, 0.2) is 54.6 Å². The Labute approximate surface area is 147 Å². The minimum Gasteiger partial charge on any atom is -0.301 e. The lowest BCUT2D eigenvalue weighted by molar-refractivity contribution is 0.179. The molecule has 1 aliphatic carbocycles. The number of rotatable bonds is 3. The second kappa shape index (κ2) is 6.94. The van der Waals surface area contributed by atoms with Gasteiger partial charge in [0.2, 0.25) is 0 Å². The van der Waals surface area contributed by atoms with Crippen LogP contribution < -0.4 is 0 Å². The third-order valence-corrected chi connectivity index (χ3v) is 5.24. The third-order valence-electron chi connectivity index (χ3n) is 5.24. The summed E-state index contributed by atoms with van der Waals surface area (Å²) in [4.78, 5) is 2.43. The predicted molar refractivity (Wildman–Crippen MR) is 104 cm³/mol. The van der Waals surface area contributed by atoms with Crippen molar-refractivity contribution in [2.45, 2.75) is 45.6 Å². The molecule has 126 valence electrons. The molecule has 0 atom stereocenters. The van der Waals surface area contributed by atoms with Gasteiger partial charge in [0.15, 0.2) is 0 Å². The van der Waals surface area contributed by atoms with Crippen molar-refractivity contribution >= 4 is 5.57 Å². The molecule has 0 heterocycles. The Balaban J connectivity index is 1.95. The molecule has 0 amide bonds. The second-order valence-electron chi connectivity index (χ2n) is 7.81. The van der Waals surface area contributed by atoms with Crippen LogP contribution in [0.3, 0.4) is 0 Å². The fraction of sp³-hybridized carbons (Fsp3) is 0.391. The number of benzene rings is 2. The number of hydrogen-bond acceptors (Lipinski definition) is 1. The Kier molecular flexibility index (Phi) is 4.91. The van der Waals surface area contributed by atoms with Crippen LogP contribution in [0.1, 0.15) is 49.4 Å². The first-order valence-electron chi connectivity index (χ1n) is 9.05. The molecular weight excluding hydrogens is 290 g/mol. The maximum absolute atomic E-state index is 2.45. The van der Waals surface area contributed by atoms with Crippen molar-refractivity contribution in [3.05, 3.63) is 76.9 Å². The van der Waals surface area contributed by atoms with Crippen LogP contribution in [-0.4, -0.2) is 24.0 Å². The summed E-state index contributed by atoms with van der Waals surface area (Å²) in [7, 11) is 2.22. The third kappa shape index (κ3) is 3.62. The van der Waals surface area contributed by atoms with E-state index in [1.165, 1.54) is 27.8 Å². The van der Waals surface area contributed by atoms with E-state index < -0.39 is 0 Å². The maximum Gasteiger partial charge on any atom is 0.0122 e. The van der Waals surface area contributed by atoms with Crippen molar-refractivity contribution in [3.8, 4) is 0 Å². The van der Waals surface area contributed by atoms with Gasteiger partial charge in [-0.3, -0.25) is 0 Å². The molecule has 0 radical (unpaired) electrons. The predicted octanol–water partition coefficient (Wildman–Crippen LogP) is 5.34. The van der Waals surface area contributed by atoms with Crippen molar-refractivity contribution in [1.82, 2.24) is 4.90 Å². The summed E-state index contributed by atoms with van der Waals surface area (Å²) in [5.41, 5.74) is 7.42. The van der Waals surface area contributed by atoms with Crippen LogP contribution >= 0.6 is 0 Å². The molecule has 0 saturated heterocycles. The summed E-state index contributed by atoms with van der Waals surface area (Å²) in [6.07, 6.45) is 5.79. The van der Waals surface area contributed by atoms with E-state index in [1.54, 1.807) is 0 Å². The molecule has 24 heavy (non-hydrogen) atoms. The van der Waals surface area contributed by atoms with E-state index in [0.717, 1.165) is 25.8 Å². The quantitative estimate of drug-likeness (QED) is 0.738. The second-order valence-corrected chi connectivity index (χ2v) is 7.81. The highest BCUT2D eigenvalue weighted by molar-refractivity contribution is 5.83. The molecule has 0 aliphatic heterocycles. The highest BCUT2D eigenvalue weighted by Gasteiger charge is 2.18. The zero-order valence-electron chi connectivity index (χ0n) is 15.5. The lowest BCUT2D eigenvalue weighted by Crippen LogP contribution is -2.38. The summed E-state index contributed by atoms with van der Waals surface area (Å²) in [5.74, 6) is 0. The van der Waals surface area contributed by atoms with Crippen LogP contribution in [-0.2, 0) is 12.8 Å². The largest absolute Gasteiger partial charge is 0.301 e. The van der Waals surface area contributed by atoms with E-state index in [1.807, 2.05) is 0 Å². The van der Waals surface area contributed by atoms with Gasteiger partial charge in [0.25, 0.3) is 0 Å². The number of aryl methyl sites for hydroxylation is 2. The molecule has 0 aromatic heterocycles. The van der Waals surface area contributed by atoms with Gasteiger partial charge >= 0.3 is 0 Å². The normalized spacial score (nSPS) is 14.1. The van der Waals surface area contributed by atoms with Crippen LogP contribution in [0.25, 0.3) is 5.57 Å². The smallest absolute Gasteiger partial charge is 0.0122 e. The van der Waals surface area contributed by atoms with Gasteiger partial charge in [-0.05, 0) is 74.9 Å². The number of fused-ring (bicyclic) bond motifs is 2. The van der Waals surface area contributed by atoms with E-state index in [-0.39, 0.29) is 5.54 Å². The molecule has 2 aromatic rings. The standard InChI is InChI=1S/C23H29N/c1-23(2,3)24(4)17-9-14-22-20-12-7-5-10-18(20)15-16-19-11-6-8-13-21(19)22/h5-8,10-14H,9,15-17H2,1-4H3. The van der Waals surface area contributed by atoms with Gasteiger partial charge < -0.3 is 4.90 Å². The average molecular weight is 319 g/mol. The molecule has 1 nitrogen and oxygen atoms in total. The fourth-order valence-corrected chi connectivity index (χ4v) is 3.37. The van der Waals surface area contributed by atoms with Crippen molar-refractivity contribution in [2.75, 3.05) is 13.6 Å². The summed E-state index contributed by atoms with van der Waals surface area (Å²) >= 11 is 0. The Hall–Kier alpha value is -1.86. The van der Waals surface area contributed by atoms with Gasteiger partial charge in [-0.1, -0.05) is 54.6 Å². The monoisotopic (exact) mass is 319 g/mol. The lowest BCUT2D eigenvalue weighted by Gasteiger charge is -2.31. The molecule has 0 fully saturated rings. The summed E-state index contributed by atoms with van der Waals surface area (Å²) in [5, 5.41) is 0. The molecule has 0 unspecified atom stereocenters. The number of hydrogen-bond donors (Lipinski definition) is 0. The highest BCUT2D eigenvalue weighted by atomic mass is 15.1. The van der Waals surface area contributed by atoms with E-state index in [0.29, 0.717) is 0 Å². The molecule has 0 bridgehead atoms. The van der Waals surface area contributed by atoms with Crippen molar-refractivity contribution < 1.29 is 0 Å². The molecular formula is C23H29N. The summed E-state index contributed by atoms with van der Waals surface area (Å²) in [6.45, 7) is 7.90. The fourth-order valence-electron chi connectivity index (χ4n) is 3.37. The molecule has 3 rings (SSSR count). The summed E-state index contributed by atoms with van der Waals surface area (Å²) in [6, 6.07) is 17.8. The van der Waals surface area contributed by atoms with Gasteiger partial charge in [-0.25, -0.2) is 0 Å². The van der Waals surface area contributed by atoms with Crippen molar-refractivity contribution in [3.63, 3.8) is 0 Å². The molecule has 2 aromatic carbocycles. The SMILES string of the molecule is CN(CCC=C1c2ccccc2CCc2ccccc21)C(C)(C)C. The molecule has 0 saturated carbocycles. The van der Waals surface area contributed by atoms with E-state index in [4.69, 9.17) is 0 Å². The highest BCUT2D eigenvalue weighted by Crippen LogP contribution is 2.33. The minimum absolute atomic E-state index is 0.220. The summed E-state index contributed by atoms with van der Waals surface area (Å²) < 4.78 is 0. The zero-order valence-corrected chi connectivity index (χ0v) is 15.5. The maximum atomic E-state index is 2.45. The topological polar surface area (TPSA) is 3.24 Å². The first-order valence-corrected chi connectivity index (χ1v) is 9.05. The first kappa shape index (κ1) is 17.0. The zero-order chi connectivity index (χ0) is 17.2. The molecule has 0 N–H and O–H groups in total. The minimum atomic E-state index is 0.220. The van der Waals surface area contributed by atoms with Crippen molar-refractivity contribution in [1.29, 1.82) is 0 Å².